The van der Waals surface area contributed by atoms with Crippen LogP contribution in [-0.4, -0.2) is 18.4 Å². The van der Waals surface area contributed by atoms with Gasteiger partial charge in [-0.3, -0.25) is 9.59 Å². The second kappa shape index (κ2) is 9.69. The van der Waals surface area contributed by atoms with Crippen molar-refractivity contribution in [2.45, 2.75) is 40.0 Å². The first-order chi connectivity index (χ1) is 15.1. The smallest absolute Gasteiger partial charge is 0.262 e. The summed E-state index contributed by atoms with van der Waals surface area (Å²) in [5, 5.41) is 5.69. The van der Waals surface area contributed by atoms with Crippen LogP contribution in [0.5, 0.6) is 5.75 Å². The maximum Gasteiger partial charge on any atom is 0.262 e. The van der Waals surface area contributed by atoms with Crippen LogP contribution in [0.3, 0.4) is 0 Å². The molecule has 0 heterocycles. The van der Waals surface area contributed by atoms with Gasteiger partial charge < -0.3 is 15.4 Å². The second-order valence-corrected chi connectivity index (χ2v) is 8.97. The fraction of sp³-hybridized carbons (Fsp3) is 0.259. The minimum Gasteiger partial charge on any atom is -0.483 e. The normalized spacial score (nSPS) is 11.0. The maximum atomic E-state index is 12.6. The van der Waals surface area contributed by atoms with Crippen LogP contribution in [0.25, 0.3) is 0 Å². The molecule has 32 heavy (non-hydrogen) atoms. The summed E-state index contributed by atoms with van der Waals surface area (Å²) in [5.74, 6) is 0.220. The van der Waals surface area contributed by atoms with Crippen molar-refractivity contribution >= 4 is 23.2 Å². The van der Waals surface area contributed by atoms with E-state index >= 15 is 0 Å². The van der Waals surface area contributed by atoms with Crippen LogP contribution < -0.4 is 15.4 Å². The van der Waals surface area contributed by atoms with Crippen LogP contribution >= 0.6 is 0 Å². The van der Waals surface area contributed by atoms with Gasteiger partial charge in [0.15, 0.2) is 6.61 Å². The fourth-order valence-electron chi connectivity index (χ4n) is 3.20. The van der Waals surface area contributed by atoms with E-state index in [-0.39, 0.29) is 23.8 Å². The van der Waals surface area contributed by atoms with Crippen LogP contribution in [-0.2, 0) is 10.2 Å². The van der Waals surface area contributed by atoms with E-state index in [1.54, 1.807) is 24.3 Å². The number of amides is 2. The number of anilines is 2. The Bertz CT molecular complexity index is 1110. The summed E-state index contributed by atoms with van der Waals surface area (Å²) in [6.07, 6.45) is 0. The van der Waals surface area contributed by atoms with Crippen molar-refractivity contribution in [2.24, 2.45) is 0 Å². The first-order valence-electron chi connectivity index (χ1n) is 10.6. The maximum absolute atomic E-state index is 12.6. The van der Waals surface area contributed by atoms with Crippen LogP contribution in [0, 0.1) is 13.8 Å². The zero-order valence-electron chi connectivity index (χ0n) is 19.3. The number of rotatable bonds is 6. The third kappa shape index (κ3) is 6.20. The van der Waals surface area contributed by atoms with Crippen LogP contribution in [0.2, 0.25) is 0 Å². The summed E-state index contributed by atoms with van der Waals surface area (Å²) in [4.78, 5) is 24.9. The summed E-state index contributed by atoms with van der Waals surface area (Å²) in [6.45, 7) is 10.2. The van der Waals surface area contributed by atoms with Crippen molar-refractivity contribution in [2.75, 3.05) is 17.2 Å². The molecule has 0 radical (unpaired) electrons. The highest BCUT2D eigenvalue weighted by molar-refractivity contribution is 6.04. The molecule has 5 heteroatoms. The van der Waals surface area contributed by atoms with Gasteiger partial charge in [-0.2, -0.15) is 0 Å². The molecule has 5 nitrogen and oxygen atoms in total. The molecule has 0 bridgehead atoms. The largest absolute Gasteiger partial charge is 0.483 e. The van der Waals surface area contributed by atoms with Gasteiger partial charge in [0.2, 0.25) is 0 Å². The van der Waals surface area contributed by atoms with Crippen molar-refractivity contribution in [3.8, 4) is 5.75 Å². The van der Waals surface area contributed by atoms with Gasteiger partial charge in [-0.25, -0.2) is 0 Å². The molecular weight excluding hydrogens is 400 g/mol. The van der Waals surface area contributed by atoms with Crippen molar-refractivity contribution in [1.29, 1.82) is 0 Å². The summed E-state index contributed by atoms with van der Waals surface area (Å²) < 4.78 is 5.66. The lowest BCUT2D eigenvalue weighted by Crippen LogP contribution is -2.20. The molecule has 0 aliphatic heterocycles. The Hall–Kier alpha value is -3.60. The molecule has 0 atom stereocenters. The van der Waals surface area contributed by atoms with E-state index in [0.717, 1.165) is 11.1 Å². The first-order valence-corrected chi connectivity index (χ1v) is 10.6. The van der Waals surface area contributed by atoms with Gasteiger partial charge in [0.05, 0.1) is 0 Å². The Balaban J connectivity index is 1.59. The van der Waals surface area contributed by atoms with Crippen molar-refractivity contribution < 1.29 is 14.3 Å². The van der Waals surface area contributed by atoms with E-state index in [9.17, 15) is 9.59 Å². The Morgan fingerprint density at radius 3 is 2.16 bits per heavy atom. The lowest BCUT2D eigenvalue weighted by atomic mass is 9.87. The molecule has 0 saturated heterocycles. The highest BCUT2D eigenvalue weighted by Gasteiger charge is 2.14. The molecule has 0 aromatic heterocycles. The van der Waals surface area contributed by atoms with E-state index in [1.807, 2.05) is 56.3 Å². The standard InChI is InChI=1S/C27H30N2O3/c1-18-9-10-19(2)24(15-18)32-17-25(30)28-22-7-6-8-23(16-22)29-26(31)20-11-13-21(14-12-20)27(3,4)5/h6-16H,17H2,1-5H3,(H,28,30)(H,29,31). The van der Waals surface area contributed by atoms with Crippen LogP contribution in [0.1, 0.15) is 47.8 Å². The van der Waals surface area contributed by atoms with Gasteiger partial charge in [0.1, 0.15) is 5.75 Å². The van der Waals surface area contributed by atoms with E-state index in [4.69, 9.17) is 4.74 Å². The average molecular weight is 431 g/mol. The van der Waals surface area contributed by atoms with E-state index in [0.29, 0.717) is 22.7 Å². The number of carbonyl (C=O) groups is 2. The third-order valence-electron chi connectivity index (χ3n) is 5.12. The molecule has 0 saturated carbocycles. The summed E-state index contributed by atoms with van der Waals surface area (Å²) in [6, 6.07) is 20.5. The molecular formula is C27H30N2O3. The molecule has 0 aliphatic carbocycles. The monoisotopic (exact) mass is 430 g/mol. The third-order valence-corrected chi connectivity index (χ3v) is 5.12. The lowest BCUT2D eigenvalue weighted by molar-refractivity contribution is -0.118. The quantitative estimate of drug-likeness (QED) is 0.514. The van der Waals surface area contributed by atoms with E-state index in [1.165, 1.54) is 5.56 Å². The highest BCUT2D eigenvalue weighted by atomic mass is 16.5. The van der Waals surface area contributed by atoms with Gasteiger partial charge in [0, 0.05) is 16.9 Å². The van der Waals surface area contributed by atoms with Crippen molar-refractivity contribution in [3.63, 3.8) is 0 Å². The number of benzene rings is 3. The van der Waals surface area contributed by atoms with Crippen molar-refractivity contribution in [3.05, 3.63) is 89.0 Å². The molecule has 166 valence electrons. The second-order valence-electron chi connectivity index (χ2n) is 8.97. The molecule has 0 spiro atoms. The Labute approximate surface area is 189 Å². The Kier molecular flexibility index (Phi) is 6.98. The number of aryl methyl sites for hydroxylation is 2. The molecule has 3 aromatic rings. The molecule has 2 N–H and O–H groups in total. The predicted molar refractivity (Wildman–Crippen MR) is 130 cm³/mol. The number of hydrogen-bond acceptors (Lipinski definition) is 3. The fourth-order valence-corrected chi connectivity index (χ4v) is 3.20. The van der Waals surface area contributed by atoms with Gasteiger partial charge >= 0.3 is 0 Å². The highest BCUT2D eigenvalue weighted by Crippen LogP contribution is 2.23. The summed E-state index contributed by atoms with van der Waals surface area (Å²) in [7, 11) is 0. The molecule has 3 rings (SSSR count). The predicted octanol–water partition coefficient (Wildman–Crippen LogP) is 5.87. The van der Waals surface area contributed by atoms with Crippen molar-refractivity contribution in [1.82, 2.24) is 0 Å². The van der Waals surface area contributed by atoms with Crippen LogP contribution in [0.15, 0.2) is 66.7 Å². The summed E-state index contributed by atoms with van der Waals surface area (Å²) in [5.41, 5.74) is 5.01. The zero-order valence-corrected chi connectivity index (χ0v) is 19.3. The molecule has 0 aliphatic rings. The van der Waals surface area contributed by atoms with E-state index in [2.05, 4.69) is 31.4 Å². The topological polar surface area (TPSA) is 67.4 Å². The van der Waals surface area contributed by atoms with Crippen LogP contribution in [0.4, 0.5) is 11.4 Å². The minimum atomic E-state index is -0.271. The molecule has 3 aromatic carbocycles. The Morgan fingerprint density at radius 1 is 0.844 bits per heavy atom. The van der Waals surface area contributed by atoms with Gasteiger partial charge in [-0.1, -0.05) is 51.1 Å². The lowest BCUT2D eigenvalue weighted by Gasteiger charge is -2.19. The number of carbonyl (C=O) groups excluding carboxylic acids is 2. The Morgan fingerprint density at radius 2 is 1.50 bits per heavy atom. The average Bonchev–Trinajstić information content (AvgIpc) is 2.74. The number of hydrogen-bond donors (Lipinski definition) is 2. The summed E-state index contributed by atoms with van der Waals surface area (Å²) >= 11 is 0. The minimum absolute atomic E-state index is 0.0310. The zero-order chi connectivity index (χ0) is 23.3. The number of ether oxygens (including phenoxy) is 1. The van der Waals surface area contributed by atoms with Gasteiger partial charge in [-0.05, 0) is 72.4 Å². The number of nitrogens with one attached hydrogen (secondary N) is 2. The molecule has 0 fully saturated rings. The van der Waals surface area contributed by atoms with E-state index < -0.39 is 0 Å². The van der Waals surface area contributed by atoms with Gasteiger partial charge in [-0.15, -0.1) is 0 Å². The first kappa shape index (κ1) is 23.1. The van der Waals surface area contributed by atoms with Gasteiger partial charge in [0.25, 0.3) is 11.8 Å². The SMILES string of the molecule is Cc1ccc(C)c(OCC(=O)Nc2cccc(NC(=O)c3ccc(C(C)(C)C)cc3)c2)c1. The molecule has 2 amide bonds. The molecule has 0 unspecified atom stereocenters.